The van der Waals surface area contributed by atoms with Crippen molar-refractivity contribution in [3.8, 4) is 0 Å². The number of alkyl halides is 3. The molecule has 3 aliphatic rings. The van der Waals surface area contributed by atoms with Crippen molar-refractivity contribution in [2.45, 2.75) is 63.6 Å². The molecule has 0 atom stereocenters. The van der Waals surface area contributed by atoms with Crippen LogP contribution in [0.3, 0.4) is 0 Å². The van der Waals surface area contributed by atoms with E-state index in [1.165, 1.54) is 19.1 Å². The molecule has 2 heterocycles. The first-order chi connectivity index (χ1) is 18.5. The second kappa shape index (κ2) is 12.1. The molecule has 1 aliphatic carbocycles. The first-order valence-corrected chi connectivity index (χ1v) is 13.9. The molecule has 2 saturated heterocycles. The molecule has 0 aromatic heterocycles. The number of anilines is 1. The SMILES string of the molecule is CC(=O)N1CCC(C(=O)OC2(C(N)=O)CCC(CCN3CCN(c4cccc(C(F)(F)F)c4)CC3)CC2)CC1. The van der Waals surface area contributed by atoms with Crippen LogP contribution in [0.5, 0.6) is 0 Å². The highest BCUT2D eigenvalue weighted by Crippen LogP contribution is 2.38. The molecule has 2 amide bonds. The number of carbonyl (C=O) groups is 3. The number of amides is 2. The van der Waals surface area contributed by atoms with Gasteiger partial charge in [0.1, 0.15) is 0 Å². The van der Waals surface area contributed by atoms with Gasteiger partial charge in [0.05, 0.1) is 11.5 Å². The Morgan fingerprint density at radius 2 is 1.64 bits per heavy atom. The number of piperidine rings is 1. The summed E-state index contributed by atoms with van der Waals surface area (Å²) in [5.74, 6) is -0.942. The number of halogens is 3. The van der Waals surface area contributed by atoms with Gasteiger partial charge in [0.25, 0.3) is 5.91 Å². The fourth-order valence-electron chi connectivity index (χ4n) is 6.01. The largest absolute Gasteiger partial charge is 0.449 e. The van der Waals surface area contributed by atoms with Crippen molar-refractivity contribution in [2.75, 3.05) is 50.7 Å². The number of esters is 1. The lowest BCUT2D eigenvalue weighted by Gasteiger charge is -2.40. The van der Waals surface area contributed by atoms with Gasteiger partial charge in [-0.2, -0.15) is 13.2 Å². The lowest BCUT2D eigenvalue weighted by Crippen LogP contribution is -2.52. The maximum absolute atomic E-state index is 13.1. The van der Waals surface area contributed by atoms with Gasteiger partial charge < -0.3 is 20.3 Å². The Morgan fingerprint density at radius 1 is 1.00 bits per heavy atom. The molecule has 0 bridgehead atoms. The van der Waals surface area contributed by atoms with E-state index in [1.807, 2.05) is 4.90 Å². The minimum absolute atomic E-state index is 0.00802. The zero-order valence-electron chi connectivity index (χ0n) is 22.5. The average molecular weight is 553 g/mol. The van der Waals surface area contributed by atoms with Crippen LogP contribution < -0.4 is 10.6 Å². The first kappa shape index (κ1) is 29.2. The highest BCUT2D eigenvalue weighted by molar-refractivity contribution is 5.87. The Labute approximate surface area is 227 Å². The van der Waals surface area contributed by atoms with Crippen molar-refractivity contribution in [3.63, 3.8) is 0 Å². The summed E-state index contributed by atoms with van der Waals surface area (Å²) < 4.78 is 45.0. The highest BCUT2D eigenvalue weighted by atomic mass is 19.4. The normalized spacial score (nSPS) is 25.4. The van der Waals surface area contributed by atoms with Crippen LogP contribution >= 0.6 is 0 Å². The quantitative estimate of drug-likeness (QED) is 0.521. The number of nitrogens with two attached hydrogens (primary N) is 1. The maximum Gasteiger partial charge on any atom is 0.416 e. The summed E-state index contributed by atoms with van der Waals surface area (Å²) in [6, 6.07) is 5.48. The van der Waals surface area contributed by atoms with Gasteiger partial charge in [0.15, 0.2) is 5.60 Å². The zero-order valence-corrected chi connectivity index (χ0v) is 22.5. The molecule has 4 rings (SSSR count). The second-order valence-electron chi connectivity index (χ2n) is 11.2. The van der Waals surface area contributed by atoms with E-state index in [4.69, 9.17) is 10.5 Å². The monoisotopic (exact) mass is 552 g/mol. The maximum atomic E-state index is 13.1. The lowest BCUT2D eigenvalue weighted by molar-refractivity contribution is -0.177. The van der Waals surface area contributed by atoms with E-state index in [2.05, 4.69) is 4.90 Å². The van der Waals surface area contributed by atoms with Crippen LogP contribution in [-0.4, -0.2) is 79.0 Å². The molecule has 11 heteroatoms. The number of hydrogen-bond acceptors (Lipinski definition) is 6. The van der Waals surface area contributed by atoms with E-state index in [1.54, 1.807) is 11.0 Å². The smallest absolute Gasteiger partial charge is 0.416 e. The Kier molecular flexibility index (Phi) is 9.08. The molecule has 2 aliphatic heterocycles. The van der Waals surface area contributed by atoms with Gasteiger partial charge in [0.2, 0.25) is 5.91 Å². The minimum Gasteiger partial charge on any atom is -0.449 e. The predicted octanol–water partition coefficient (Wildman–Crippen LogP) is 3.43. The third-order valence-corrected chi connectivity index (χ3v) is 8.70. The van der Waals surface area contributed by atoms with Gasteiger partial charge in [-0.3, -0.25) is 19.3 Å². The van der Waals surface area contributed by atoms with Gasteiger partial charge in [0, 0.05) is 51.9 Å². The third-order valence-electron chi connectivity index (χ3n) is 8.70. The van der Waals surface area contributed by atoms with Crippen molar-refractivity contribution in [2.24, 2.45) is 17.6 Å². The Morgan fingerprint density at radius 3 is 2.21 bits per heavy atom. The standard InChI is InChI=1S/C28H39F3N4O4/c1-20(36)34-13-8-22(9-14-34)25(37)39-27(26(32)38)10-5-21(6-11-27)7-12-33-15-17-35(18-16-33)24-4-2-3-23(19-24)28(29,30)31/h2-4,19,21-22H,5-18H2,1H3,(H2,32,38). The number of benzene rings is 1. The van der Waals surface area contributed by atoms with E-state index in [-0.39, 0.29) is 11.8 Å². The lowest BCUT2D eigenvalue weighted by atomic mass is 9.76. The van der Waals surface area contributed by atoms with E-state index in [9.17, 15) is 27.6 Å². The summed E-state index contributed by atoms with van der Waals surface area (Å²) in [6.07, 6.45) is -0.0604. The van der Waals surface area contributed by atoms with Crippen LogP contribution in [0.1, 0.15) is 57.4 Å². The fourth-order valence-corrected chi connectivity index (χ4v) is 6.01. The van der Waals surface area contributed by atoms with Gasteiger partial charge >= 0.3 is 12.1 Å². The fraction of sp³-hybridized carbons (Fsp3) is 0.679. The molecule has 39 heavy (non-hydrogen) atoms. The van der Waals surface area contributed by atoms with Gasteiger partial charge in [-0.05, 0) is 75.6 Å². The molecule has 216 valence electrons. The summed E-state index contributed by atoms with van der Waals surface area (Å²) in [7, 11) is 0. The number of hydrogen-bond donors (Lipinski definition) is 1. The van der Waals surface area contributed by atoms with Crippen molar-refractivity contribution in [3.05, 3.63) is 29.8 Å². The minimum atomic E-state index is -4.35. The molecular weight excluding hydrogens is 513 g/mol. The number of carbonyl (C=O) groups excluding carboxylic acids is 3. The van der Waals surface area contributed by atoms with Gasteiger partial charge in [-0.25, -0.2) is 0 Å². The van der Waals surface area contributed by atoms with Crippen LogP contribution in [-0.2, 0) is 25.3 Å². The number of likely N-dealkylation sites (tertiary alicyclic amines) is 1. The average Bonchev–Trinajstić information content (AvgIpc) is 2.92. The molecule has 0 unspecified atom stereocenters. The van der Waals surface area contributed by atoms with Gasteiger partial charge in [-0.1, -0.05) is 6.07 Å². The summed E-state index contributed by atoms with van der Waals surface area (Å²) in [6.45, 7) is 6.28. The summed E-state index contributed by atoms with van der Waals surface area (Å²) in [5, 5.41) is 0. The molecular formula is C28H39F3N4O4. The first-order valence-electron chi connectivity index (χ1n) is 13.9. The number of nitrogens with zero attached hydrogens (tertiary/aromatic N) is 3. The number of rotatable bonds is 7. The highest BCUT2D eigenvalue weighted by Gasteiger charge is 2.45. The van der Waals surface area contributed by atoms with Crippen LogP contribution in [0.2, 0.25) is 0 Å². The molecule has 2 N–H and O–H groups in total. The zero-order chi connectivity index (χ0) is 28.2. The number of piperazine rings is 1. The van der Waals surface area contributed by atoms with E-state index in [0.717, 1.165) is 45.0 Å². The van der Waals surface area contributed by atoms with Crippen LogP contribution in [0.25, 0.3) is 0 Å². The second-order valence-corrected chi connectivity index (χ2v) is 11.2. The predicted molar refractivity (Wildman–Crippen MR) is 140 cm³/mol. The Hall–Kier alpha value is -2.82. The van der Waals surface area contributed by atoms with Crippen LogP contribution in [0.15, 0.2) is 24.3 Å². The van der Waals surface area contributed by atoms with E-state index >= 15 is 0 Å². The summed E-state index contributed by atoms with van der Waals surface area (Å²) >= 11 is 0. The van der Waals surface area contributed by atoms with Crippen molar-refractivity contribution in [1.29, 1.82) is 0 Å². The van der Waals surface area contributed by atoms with Crippen LogP contribution in [0.4, 0.5) is 18.9 Å². The Balaban J connectivity index is 1.21. The van der Waals surface area contributed by atoms with Crippen molar-refractivity contribution in [1.82, 2.24) is 9.80 Å². The number of ether oxygens (including phenoxy) is 1. The van der Waals surface area contributed by atoms with Crippen molar-refractivity contribution < 1.29 is 32.3 Å². The molecule has 1 saturated carbocycles. The number of primary amides is 1. The van der Waals surface area contributed by atoms with E-state index < -0.39 is 29.2 Å². The molecule has 8 nitrogen and oxygen atoms in total. The third kappa shape index (κ3) is 7.23. The van der Waals surface area contributed by atoms with Gasteiger partial charge in [-0.15, -0.1) is 0 Å². The topological polar surface area (TPSA) is 96.2 Å². The molecule has 1 aromatic carbocycles. The Bertz CT molecular complexity index is 1030. The van der Waals surface area contributed by atoms with Crippen LogP contribution in [0, 0.1) is 11.8 Å². The summed E-state index contributed by atoms with van der Waals surface area (Å²) in [4.78, 5) is 42.8. The molecule has 0 radical (unpaired) electrons. The van der Waals surface area contributed by atoms with E-state index in [0.29, 0.717) is 63.5 Å². The summed E-state index contributed by atoms with van der Waals surface area (Å²) in [5.41, 5.74) is 4.43. The molecule has 3 fully saturated rings. The molecule has 0 spiro atoms. The van der Waals surface area contributed by atoms with Crippen molar-refractivity contribution >= 4 is 23.5 Å². The molecule has 1 aromatic rings.